The van der Waals surface area contributed by atoms with Crippen molar-refractivity contribution < 1.29 is 13.9 Å². The Morgan fingerprint density at radius 2 is 2.29 bits per heavy atom. The van der Waals surface area contributed by atoms with E-state index in [1.165, 1.54) is 0 Å². The SMILES string of the molecule is CCc1ccc(C(=O)CCCOC)o1. The van der Waals surface area contributed by atoms with Crippen LogP contribution in [-0.4, -0.2) is 19.5 Å². The zero-order valence-electron chi connectivity index (χ0n) is 8.71. The highest BCUT2D eigenvalue weighted by atomic mass is 16.5. The zero-order chi connectivity index (χ0) is 10.4. The Bertz CT molecular complexity index is 288. The lowest BCUT2D eigenvalue weighted by Gasteiger charge is -1.97. The fraction of sp³-hybridized carbons (Fsp3) is 0.545. The van der Waals surface area contributed by atoms with Crippen LogP contribution >= 0.6 is 0 Å². The number of hydrogen-bond acceptors (Lipinski definition) is 3. The highest BCUT2D eigenvalue weighted by Gasteiger charge is 2.09. The molecule has 0 aliphatic carbocycles. The molecular formula is C11H16O3. The lowest BCUT2D eigenvalue weighted by atomic mass is 10.2. The normalized spacial score (nSPS) is 10.4. The van der Waals surface area contributed by atoms with Crippen LogP contribution in [-0.2, 0) is 11.2 Å². The largest absolute Gasteiger partial charge is 0.458 e. The first-order chi connectivity index (χ1) is 6.77. The Morgan fingerprint density at radius 3 is 2.86 bits per heavy atom. The van der Waals surface area contributed by atoms with E-state index < -0.39 is 0 Å². The molecule has 14 heavy (non-hydrogen) atoms. The summed E-state index contributed by atoms with van der Waals surface area (Å²) in [6.07, 6.45) is 2.06. The van der Waals surface area contributed by atoms with Crippen LogP contribution in [0.15, 0.2) is 16.5 Å². The van der Waals surface area contributed by atoms with Gasteiger partial charge in [0.05, 0.1) is 0 Å². The molecule has 0 N–H and O–H groups in total. The summed E-state index contributed by atoms with van der Waals surface area (Å²) >= 11 is 0. The predicted octanol–water partition coefficient (Wildman–Crippen LogP) is 2.45. The molecule has 0 unspecified atom stereocenters. The van der Waals surface area contributed by atoms with Crippen molar-refractivity contribution >= 4 is 5.78 Å². The second-order valence-electron chi connectivity index (χ2n) is 3.14. The monoisotopic (exact) mass is 196 g/mol. The van der Waals surface area contributed by atoms with Crippen molar-refractivity contribution in [3.63, 3.8) is 0 Å². The van der Waals surface area contributed by atoms with Gasteiger partial charge < -0.3 is 9.15 Å². The molecule has 3 heteroatoms. The Hall–Kier alpha value is -1.09. The molecule has 0 radical (unpaired) electrons. The maximum atomic E-state index is 11.5. The van der Waals surface area contributed by atoms with Crippen molar-refractivity contribution in [3.05, 3.63) is 23.7 Å². The Kier molecular flexibility index (Phi) is 4.40. The van der Waals surface area contributed by atoms with E-state index in [1.807, 2.05) is 13.0 Å². The van der Waals surface area contributed by atoms with Crippen molar-refractivity contribution in [2.24, 2.45) is 0 Å². The Balaban J connectivity index is 2.44. The number of ketones is 1. The highest BCUT2D eigenvalue weighted by molar-refractivity contribution is 5.93. The summed E-state index contributed by atoms with van der Waals surface area (Å²) in [7, 11) is 1.63. The maximum absolute atomic E-state index is 11.5. The van der Waals surface area contributed by atoms with Gasteiger partial charge in [0.15, 0.2) is 11.5 Å². The van der Waals surface area contributed by atoms with Crippen molar-refractivity contribution in [1.29, 1.82) is 0 Å². The molecule has 0 fully saturated rings. The van der Waals surface area contributed by atoms with Gasteiger partial charge in [0.25, 0.3) is 0 Å². The third-order valence-corrected chi connectivity index (χ3v) is 2.04. The maximum Gasteiger partial charge on any atom is 0.198 e. The van der Waals surface area contributed by atoms with Crippen LogP contribution in [0.5, 0.6) is 0 Å². The average molecular weight is 196 g/mol. The smallest absolute Gasteiger partial charge is 0.198 e. The zero-order valence-corrected chi connectivity index (χ0v) is 8.71. The standard InChI is InChI=1S/C11H16O3/c1-3-9-6-7-11(14-9)10(12)5-4-8-13-2/h6-7H,3-5,8H2,1-2H3. The number of Topliss-reactive ketones (excluding diaryl/α,β-unsaturated/α-hetero) is 1. The number of aryl methyl sites for hydroxylation is 1. The van der Waals surface area contributed by atoms with Gasteiger partial charge in [0.2, 0.25) is 0 Å². The number of ether oxygens (including phenoxy) is 1. The average Bonchev–Trinajstić information content (AvgIpc) is 2.66. The molecule has 0 spiro atoms. The van der Waals surface area contributed by atoms with E-state index in [2.05, 4.69) is 0 Å². The summed E-state index contributed by atoms with van der Waals surface area (Å²) in [5.41, 5.74) is 0. The summed E-state index contributed by atoms with van der Waals surface area (Å²) in [4.78, 5) is 11.5. The quantitative estimate of drug-likeness (QED) is 0.518. The van der Waals surface area contributed by atoms with Crippen LogP contribution in [0.3, 0.4) is 0 Å². The van der Waals surface area contributed by atoms with Crippen LogP contribution in [0.2, 0.25) is 0 Å². The second-order valence-corrected chi connectivity index (χ2v) is 3.14. The van der Waals surface area contributed by atoms with Crippen molar-refractivity contribution in [3.8, 4) is 0 Å². The summed E-state index contributed by atoms with van der Waals surface area (Å²) in [6, 6.07) is 3.59. The van der Waals surface area contributed by atoms with Gasteiger partial charge >= 0.3 is 0 Å². The first-order valence-electron chi connectivity index (χ1n) is 4.88. The van der Waals surface area contributed by atoms with E-state index in [-0.39, 0.29) is 5.78 Å². The van der Waals surface area contributed by atoms with Crippen molar-refractivity contribution in [2.45, 2.75) is 26.2 Å². The van der Waals surface area contributed by atoms with E-state index >= 15 is 0 Å². The Labute approximate surface area is 84.1 Å². The van der Waals surface area contributed by atoms with Gasteiger partial charge in [-0.1, -0.05) is 6.92 Å². The minimum absolute atomic E-state index is 0.0572. The molecule has 0 bridgehead atoms. The molecule has 1 aromatic heterocycles. The van der Waals surface area contributed by atoms with Gasteiger partial charge in [-0.15, -0.1) is 0 Å². The molecule has 0 saturated heterocycles. The van der Waals surface area contributed by atoms with E-state index in [9.17, 15) is 4.79 Å². The topological polar surface area (TPSA) is 39.4 Å². The summed E-state index contributed by atoms with van der Waals surface area (Å²) in [5.74, 6) is 1.39. The van der Waals surface area contributed by atoms with E-state index in [0.29, 0.717) is 18.8 Å². The van der Waals surface area contributed by atoms with Crippen LogP contribution in [0.4, 0.5) is 0 Å². The third kappa shape index (κ3) is 3.00. The molecule has 0 amide bonds. The van der Waals surface area contributed by atoms with E-state index in [0.717, 1.165) is 18.6 Å². The molecule has 1 rings (SSSR count). The van der Waals surface area contributed by atoms with Crippen LogP contribution in [0.25, 0.3) is 0 Å². The molecule has 0 aromatic carbocycles. The van der Waals surface area contributed by atoms with Crippen LogP contribution in [0.1, 0.15) is 36.1 Å². The molecule has 0 aliphatic heterocycles. The summed E-state index contributed by atoms with van der Waals surface area (Å²) in [5, 5.41) is 0. The first kappa shape index (κ1) is 11.0. The Morgan fingerprint density at radius 1 is 1.50 bits per heavy atom. The van der Waals surface area contributed by atoms with Gasteiger partial charge in [-0.05, 0) is 18.6 Å². The van der Waals surface area contributed by atoms with Gasteiger partial charge in [-0.2, -0.15) is 0 Å². The van der Waals surface area contributed by atoms with Crippen LogP contribution < -0.4 is 0 Å². The number of carbonyl (C=O) groups excluding carboxylic acids is 1. The van der Waals surface area contributed by atoms with Gasteiger partial charge in [-0.25, -0.2) is 0 Å². The molecule has 78 valence electrons. The first-order valence-corrected chi connectivity index (χ1v) is 4.88. The number of rotatable bonds is 6. The molecule has 1 heterocycles. The molecular weight excluding hydrogens is 180 g/mol. The fourth-order valence-corrected chi connectivity index (χ4v) is 1.22. The van der Waals surface area contributed by atoms with Gasteiger partial charge in [-0.3, -0.25) is 4.79 Å². The number of furan rings is 1. The number of hydrogen-bond donors (Lipinski definition) is 0. The highest BCUT2D eigenvalue weighted by Crippen LogP contribution is 2.11. The van der Waals surface area contributed by atoms with Gasteiger partial charge in [0.1, 0.15) is 5.76 Å². The summed E-state index contributed by atoms with van der Waals surface area (Å²) in [6.45, 7) is 2.62. The minimum Gasteiger partial charge on any atom is -0.458 e. The number of carbonyl (C=O) groups is 1. The lowest BCUT2D eigenvalue weighted by Crippen LogP contribution is -1.99. The summed E-state index contributed by atoms with van der Waals surface area (Å²) < 4.78 is 10.2. The lowest BCUT2D eigenvalue weighted by molar-refractivity contribution is 0.0935. The van der Waals surface area contributed by atoms with Crippen molar-refractivity contribution in [1.82, 2.24) is 0 Å². The fourth-order valence-electron chi connectivity index (χ4n) is 1.22. The van der Waals surface area contributed by atoms with Gasteiger partial charge in [0, 0.05) is 26.6 Å². The second kappa shape index (κ2) is 5.60. The molecule has 0 saturated carbocycles. The predicted molar refractivity (Wildman–Crippen MR) is 53.5 cm³/mol. The minimum atomic E-state index is 0.0572. The van der Waals surface area contributed by atoms with E-state index in [1.54, 1.807) is 13.2 Å². The van der Waals surface area contributed by atoms with Crippen LogP contribution in [0, 0.1) is 0 Å². The molecule has 0 atom stereocenters. The molecule has 1 aromatic rings. The van der Waals surface area contributed by atoms with E-state index in [4.69, 9.17) is 9.15 Å². The molecule has 3 nitrogen and oxygen atoms in total. The van der Waals surface area contributed by atoms with Crippen molar-refractivity contribution in [2.75, 3.05) is 13.7 Å². The third-order valence-electron chi connectivity index (χ3n) is 2.04. The number of methoxy groups -OCH3 is 1. The molecule has 0 aliphatic rings.